The van der Waals surface area contributed by atoms with Gasteiger partial charge in [-0.3, -0.25) is 4.79 Å². The van der Waals surface area contributed by atoms with Gasteiger partial charge in [0.1, 0.15) is 12.4 Å². The van der Waals surface area contributed by atoms with Gasteiger partial charge in [0.15, 0.2) is 0 Å². The number of aliphatic hydroxyl groups excluding tert-OH is 1. The molecule has 0 saturated carbocycles. The lowest BCUT2D eigenvalue weighted by Crippen LogP contribution is -2.57. The topological polar surface area (TPSA) is 96.3 Å². The van der Waals surface area contributed by atoms with Gasteiger partial charge in [-0.1, -0.05) is 6.92 Å². The first-order chi connectivity index (χ1) is 16.4. The van der Waals surface area contributed by atoms with E-state index in [-0.39, 0.29) is 30.6 Å². The number of aliphatic hydroxyl groups is 1. The van der Waals surface area contributed by atoms with Crippen molar-refractivity contribution in [2.45, 2.75) is 37.6 Å². The average molecular weight is 473 g/mol. The molecule has 2 N–H and O–H groups in total. The van der Waals surface area contributed by atoms with E-state index in [1.54, 1.807) is 12.0 Å². The highest BCUT2D eigenvalue weighted by molar-refractivity contribution is 5.90. The van der Waals surface area contributed by atoms with Crippen molar-refractivity contribution in [3.8, 4) is 5.75 Å². The molecule has 34 heavy (non-hydrogen) atoms. The zero-order valence-corrected chi connectivity index (χ0v) is 20.6. The summed E-state index contributed by atoms with van der Waals surface area (Å²) in [6.45, 7) is 4.19. The van der Waals surface area contributed by atoms with Crippen LogP contribution < -0.4 is 10.1 Å². The molecule has 9 heteroatoms. The first-order valence-electron chi connectivity index (χ1n) is 12.0. The molecular formula is C25H36N4O5. The lowest BCUT2D eigenvalue weighted by atomic mass is 9.68. The summed E-state index contributed by atoms with van der Waals surface area (Å²) in [5, 5.41) is 14.5. The first-order valence-corrected chi connectivity index (χ1v) is 12.0. The van der Waals surface area contributed by atoms with Crippen molar-refractivity contribution in [3.63, 3.8) is 0 Å². The number of nitrogens with zero attached hydrogens (tertiary/aromatic N) is 3. The number of amides is 3. The molecular weight excluding hydrogens is 436 g/mol. The number of carbonyl (C=O) groups is 2. The van der Waals surface area contributed by atoms with Gasteiger partial charge in [0.25, 0.3) is 0 Å². The Bertz CT molecular complexity index is 1060. The third-order valence-corrected chi connectivity index (χ3v) is 7.44. The van der Waals surface area contributed by atoms with Gasteiger partial charge in [0.05, 0.1) is 25.3 Å². The van der Waals surface area contributed by atoms with Crippen LogP contribution in [0.4, 0.5) is 4.79 Å². The largest absolute Gasteiger partial charge is 0.497 e. The highest BCUT2D eigenvalue weighted by Crippen LogP contribution is 2.50. The Hall–Kier alpha value is -2.78. The maximum atomic E-state index is 13.1. The number of hydrogen-bond donors (Lipinski definition) is 2. The number of aromatic nitrogens is 1. The van der Waals surface area contributed by atoms with E-state index < -0.39 is 6.04 Å². The number of likely N-dealkylation sites (tertiary alicyclic amines) is 1. The van der Waals surface area contributed by atoms with E-state index in [1.807, 2.05) is 31.0 Å². The number of carbonyl (C=O) groups excluding carboxylic acids is 2. The minimum absolute atomic E-state index is 0.0315. The van der Waals surface area contributed by atoms with Gasteiger partial charge >= 0.3 is 6.03 Å². The van der Waals surface area contributed by atoms with Gasteiger partial charge in [-0.2, -0.15) is 0 Å². The average Bonchev–Trinajstić information content (AvgIpc) is 3.15. The van der Waals surface area contributed by atoms with E-state index in [2.05, 4.69) is 16.0 Å². The Morgan fingerprint density at radius 3 is 2.59 bits per heavy atom. The summed E-state index contributed by atoms with van der Waals surface area (Å²) in [6, 6.07) is 5.55. The number of urea groups is 1. The highest BCUT2D eigenvalue weighted by Gasteiger charge is 2.49. The minimum atomic E-state index is -0.461. The summed E-state index contributed by atoms with van der Waals surface area (Å²) in [6.07, 6.45) is 2.37. The van der Waals surface area contributed by atoms with E-state index in [0.29, 0.717) is 26.2 Å². The van der Waals surface area contributed by atoms with Gasteiger partial charge in [0, 0.05) is 62.9 Å². The molecule has 3 amide bonds. The molecule has 0 unspecified atom stereocenters. The van der Waals surface area contributed by atoms with Crippen LogP contribution in [0.5, 0.6) is 5.75 Å². The van der Waals surface area contributed by atoms with Crippen LogP contribution in [-0.2, 0) is 22.0 Å². The number of piperidine rings is 1. The van der Waals surface area contributed by atoms with Crippen LogP contribution in [0, 0.1) is 0 Å². The predicted octanol–water partition coefficient (Wildman–Crippen LogP) is 2.16. The van der Waals surface area contributed by atoms with Gasteiger partial charge in [-0.25, -0.2) is 4.79 Å². The fraction of sp³-hybridized carbons (Fsp3) is 0.600. The molecule has 4 rings (SSSR count). The molecule has 186 valence electrons. The maximum Gasteiger partial charge on any atom is 0.317 e. The van der Waals surface area contributed by atoms with Crippen LogP contribution in [0.1, 0.15) is 43.5 Å². The number of benzene rings is 1. The van der Waals surface area contributed by atoms with E-state index in [0.717, 1.165) is 41.6 Å². The van der Waals surface area contributed by atoms with E-state index in [4.69, 9.17) is 9.47 Å². The van der Waals surface area contributed by atoms with Crippen LogP contribution in [0.2, 0.25) is 0 Å². The molecule has 1 aromatic carbocycles. The van der Waals surface area contributed by atoms with Crippen molar-refractivity contribution >= 4 is 22.8 Å². The summed E-state index contributed by atoms with van der Waals surface area (Å²) in [5.74, 6) is 0.618. The second-order valence-electron chi connectivity index (χ2n) is 9.35. The van der Waals surface area contributed by atoms with Crippen molar-refractivity contribution in [2.24, 2.45) is 7.05 Å². The quantitative estimate of drug-likeness (QED) is 0.672. The van der Waals surface area contributed by atoms with Gasteiger partial charge < -0.3 is 34.3 Å². The SMILES string of the molecule is CCCNC(=O)N1CCC2(CC1)CN(C(=O)COC)[C@@H](CO)c1c2c2ccc(OC)cc2n1C. The van der Waals surface area contributed by atoms with Gasteiger partial charge in [0.2, 0.25) is 5.91 Å². The number of fused-ring (bicyclic) bond motifs is 4. The molecule has 0 aliphatic carbocycles. The zero-order chi connectivity index (χ0) is 24.5. The van der Waals surface area contributed by atoms with E-state index in [9.17, 15) is 14.7 Å². The number of rotatable bonds is 6. The smallest absolute Gasteiger partial charge is 0.317 e. The highest BCUT2D eigenvalue weighted by atomic mass is 16.5. The first kappa shape index (κ1) is 24.3. The second kappa shape index (κ2) is 9.84. The van der Waals surface area contributed by atoms with Crippen LogP contribution in [-0.4, -0.2) is 85.0 Å². The molecule has 1 atom stereocenters. The van der Waals surface area contributed by atoms with Crippen LogP contribution in [0.3, 0.4) is 0 Å². The van der Waals surface area contributed by atoms with Crippen LogP contribution >= 0.6 is 0 Å². The third-order valence-electron chi connectivity index (χ3n) is 7.44. The van der Waals surface area contributed by atoms with Crippen molar-refractivity contribution in [1.29, 1.82) is 0 Å². The van der Waals surface area contributed by atoms with Gasteiger partial charge in [-0.05, 0) is 37.0 Å². The molecule has 2 aromatic rings. The molecule has 9 nitrogen and oxygen atoms in total. The molecule has 1 spiro atoms. The summed E-state index contributed by atoms with van der Waals surface area (Å²) in [5.41, 5.74) is 2.82. The van der Waals surface area contributed by atoms with Crippen LogP contribution in [0.15, 0.2) is 18.2 Å². The Kier molecular flexibility index (Phi) is 7.04. The molecule has 1 fully saturated rings. The third kappa shape index (κ3) is 4.01. The summed E-state index contributed by atoms with van der Waals surface area (Å²) >= 11 is 0. The fourth-order valence-corrected chi connectivity index (χ4v) is 5.72. The number of aryl methyl sites for hydroxylation is 1. The molecule has 2 aliphatic rings. The Balaban J connectivity index is 1.80. The predicted molar refractivity (Wildman–Crippen MR) is 129 cm³/mol. The number of ether oxygens (including phenoxy) is 2. The van der Waals surface area contributed by atoms with Crippen molar-refractivity contribution in [1.82, 2.24) is 19.7 Å². The molecule has 3 heterocycles. The van der Waals surface area contributed by atoms with Gasteiger partial charge in [-0.15, -0.1) is 0 Å². The number of nitrogens with one attached hydrogen (secondary N) is 1. The fourth-order valence-electron chi connectivity index (χ4n) is 5.72. The second-order valence-corrected chi connectivity index (χ2v) is 9.35. The lowest BCUT2D eigenvalue weighted by molar-refractivity contribution is -0.141. The summed E-state index contributed by atoms with van der Waals surface area (Å²) < 4.78 is 12.7. The molecule has 1 aromatic heterocycles. The molecule has 2 aliphatic heterocycles. The van der Waals surface area contributed by atoms with Crippen molar-refractivity contribution in [2.75, 3.05) is 53.6 Å². The zero-order valence-electron chi connectivity index (χ0n) is 20.6. The monoisotopic (exact) mass is 472 g/mol. The van der Waals surface area contributed by atoms with E-state index >= 15 is 0 Å². The van der Waals surface area contributed by atoms with E-state index in [1.165, 1.54) is 12.7 Å². The Morgan fingerprint density at radius 2 is 1.97 bits per heavy atom. The Labute approximate surface area is 200 Å². The standard InChI is InChI=1S/C25H36N4O5/c1-5-10-26-24(32)28-11-8-25(9-12-28)16-29(21(31)15-33-3)20(14-30)23-22(25)18-7-6-17(34-4)13-19(18)27(23)2/h6-7,13,20,30H,5,8-12,14-16H2,1-4H3,(H,26,32)/t20-/m0/s1. The molecule has 0 bridgehead atoms. The summed E-state index contributed by atoms with van der Waals surface area (Å²) in [4.78, 5) is 29.3. The molecule has 1 saturated heterocycles. The van der Waals surface area contributed by atoms with Crippen molar-refractivity contribution < 1.29 is 24.2 Å². The van der Waals surface area contributed by atoms with Crippen molar-refractivity contribution in [3.05, 3.63) is 29.5 Å². The lowest BCUT2D eigenvalue weighted by Gasteiger charge is -2.50. The maximum absolute atomic E-state index is 13.1. The normalized spacial score (nSPS) is 19.4. The summed E-state index contributed by atoms with van der Waals surface area (Å²) in [7, 11) is 5.13. The Morgan fingerprint density at radius 1 is 1.24 bits per heavy atom. The molecule has 0 radical (unpaired) electrons. The number of methoxy groups -OCH3 is 2. The number of hydrogen-bond acceptors (Lipinski definition) is 5. The van der Waals surface area contributed by atoms with Crippen LogP contribution in [0.25, 0.3) is 10.9 Å². The minimum Gasteiger partial charge on any atom is -0.497 e.